The first-order valence-corrected chi connectivity index (χ1v) is 18.2. The lowest BCUT2D eigenvalue weighted by Crippen LogP contribution is -2.26. The number of anilines is 2. The van der Waals surface area contributed by atoms with E-state index in [9.17, 15) is 0 Å². The molecule has 0 saturated heterocycles. The summed E-state index contributed by atoms with van der Waals surface area (Å²) in [5.41, 5.74) is 10.2. The van der Waals surface area contributed by atoms with E-state index in [0.717, 1.165) is 44.2 Å². The van der Waals surface area contributed by atoms with Gasteiger partial charge >= 0.3 is 0 Å². The molecule has 232 valence electrons. The molecule has 2 heterocycles. The van der Waals surface area contributed by atoms with Crippen molar-refractivity contribution in [1.82, 2.24) is 4.90 Å². The van der Waals surface area contributed by atoms with Crippen LogP contribution in [0.15, 0.2) is 103 Å². The summed E-state index contributed by atoms with van der Waals surface area (Å²) in [4.78, 5) is 7.14. The molecule has 1 aliphatic heterocycles. The zero-order valence-electron chi connectivity index (χ0n) is 27.4. The van der Waals surface area contributed by atoms with E-state index in [2.05, 4.69) is 158 Å². The van der Waals surface area contributed by atoms with Gasteiger partial charge in [0.2, 0.25) is 0 Å². The topological polar surface area (TPSA) is 13.6 Å². The molecule has 0 aliphatic carbocycles. The highest BCUT2D eigenvalue weighted by molar-refractivity contribution is 8.76. The molecule has 2 aromatic carbocycles. The molecule has 0 radical (unpaired) electrons. The number of pyridine rings is 1. The first-order valence-electron chi connectivity index (χ1n) is 15.7. The highest BCUT2D eigenvalue weighted by Gasteiger charge is 2.08. The van der Waals surface area contributed by atoms with Crippen LogP contribution in [0.5, 0.6) is 0 Å². The average molecular weight is 626 g/mol. The van der Waals surface area contributed by atoms with E-state index in [4.69, 9.17) is 0 Å². The summed E-state index contributed by atoms with van der Waals surface area (Å²) in [6, 6.07) is 22.3. The number of nitrogens with zero attached hydrogens (tertiary/aromatic N) is 4. The van der Waals surface area contributed by atoms with E-state index >= 15 is 0 Å². The Kier molecular flexibility index (Phi) is 13.1. The van der Waals surface area contributed by atoms with Gasteiger partial charge in [-0.1, -0.05) is 64.1 Å². The lowest BCUT2D eigenvalue weighted by Gasteiger charge is -2.24. The molecule has 0 fully saturated rings. The van der Waals surface area contributed by atoms with Gasteiger partial charge in [-0.3, -0.25) is 0 Å². The summed E-state index contributed by atoms with van der Waals surface area (Å²) < 4.78 is 2.06. The molecule has 0 saturated carbocycles. The lowest BCUT2D eigenvalue weighted by molar-refractivity contribution is -0.671. The zero-order chi connectivity index (χ0) is 31.3. The minimum absolute atomic E-state index is 0.968. The predicted molar refractivity (Wildman–Crippen MR) is 198 cm³/mol. The van der Waals surface area contributed by atoms with Crippen LogP contribution < -0.4 is 14.4 Å². The Morgan fingerprint density at radius 1 is 0.773 bits per heavy atom. The van der Waals surface area contributed by atoms with Gasteiger partial charge in [-0.05, 0) is 97.6 Å². The van der Waals surface area contributed by atoms with Gasteiger partial charge in [-0.25, -0.2) is 4.57 Å². The van der Waals surface area contributed by atoms with Crippen LogP contribution in [0.4, 0.5) is 11.4 Å². The van der Waals surface area contributed by atoms with Gasteiger partial charge in [0.05, 0.1) is 0 Å². The lowest BCUT2D eigenvalue weighted by atomic mass is 10.0. The molecule has 0 bridgehead atoms. The van der Waals surface area contributed by atoms with Crippen molar-refractivity contribution in [3.8, 4) is 0 Å². The number of benzene rings is 2. The van der Waals surface area contributed by atoms with Crippen LogP contribution in [0.2, 0.25) is 0 Å². The van der Waals surface area contributed by atoms with Gasteiger partial charge in [0.25, 0.3) is 0 Å². The summed E-state index contributed by atoms with van der Waals surface area (Å²) in [6.45, 7) is 14.0. The standard InChI is InChI=1S/C38H49N4S2/c1-7-41(37-13-9-33(10-14-37)29-31(3)35-17-21-39(5)22-18-35)25-27-43-44-28-26-42(8-2)38-15-11-34(12-16-38)30-32(4)36-19-23-40(6)24-20-36/h9-23,29-30H,7-8,24-28H2,1-6H3/q+1/b32-30+. The van der Waals surface area contributed by atoms with Crippen molar-refractivity contribution in [3.63, 3.8) is 0 Å². The van der Waals surface area contributed by atoms with Crippen molar-refractivity contribution in [3.05, 3.63) is 119 Å². The van der Waals surface area contributed by atoms with Gasteiger partial charge in [0, 0.05) is 74.8 Å². The van der Waals surface area contributed by atoms with Crippen LogP contribution in [0, 0.1) is 0 Å². The molecule has 44 heavy (non-hydrogen) atoms. The third kappa shape index (κ3) is 10.1. The Bertz CT molecular complexity index is 1440. The molecule has 0 unspecified atom stereocenters. The van der Waals surface area contributed by atoms with Gasteiger partial charge in [0.15, 0.2) is 12.4 Å². The van der Waals surface area contributed by atoms with Crippen LogP contribution in [0.3, 0.4) is 0 Å². The Labute approximate surface area is 274 Å². The predicted octanol–water partition coefficient (Wildman–Crippen LogP) is 8.59. The smallest absolute Gasteiger partial charge is 0.169 e. The molecular formula is C38H49N4S2+. The molecule has 4 nitrogen and oxygen atoms in total. The normalized spacial score (nSPS) is 13.7. The third-order valence-corrected chi connectivity index (χ3v) is 10.4. The fraction of sp³-hybridized carbons (Fsp3) is 0.342. The van der Waals surface area contributed by atoms with E-state index in [-0.39, 0.29) is 0 Å². The molecule has 0 amide bonds. The number of allylic oxidation sites excluding steroid dienone is 4. The van der Waals surface area contributed by atoms with Crippen LogP contribution in [0.25, 0.3) is 17.7 Å². The molecule has 1 aliphatic rings. The highest BCUT2D eigenvalue weighted by Crippen LogP contribution is 2.26. The Morgan fingerprint density at radius 3 is 1.73 bits per heavy atom. The van der Waals surface area contributed by atoms with Gasteiger partial charge < -0.3 is 14.7 Å². The first kappa shape index (κ1) is 33.5. The number of hydrogen-bond acceptors (Lipinski definition) is 5. The fourth-order valence-electron chi connectivity index (χ4n) is 5.22. The maximum atomic E-state index is 2.48. The maximum absolute atomic E-state index is 2.48. The second-order valence-electron chi connectivity index (χ2n) is 11.3. The Hall–Kier alpha value is -3.35. The molecule has 0 atom stereocenters. The van der Waals surface area contributed by atoms with Gasteiger partial charge in [-0.15, -0.1) is 0 Å². The van der Waals surface area contributed by atoms with Crippen molar-refractivity contribution in [1.29, 1.82) is 0 Å². The van der Waals surface area contributed by atoms with Crippen molar-refractivity contribution in [2.45, 2.75) is 27.7 Å². The van der Waals surface area contributed by atoms with Crippen molar-refractivity contribution >= 4 is 50.7 Å². The second-order valence-corrected chi connectivity index (χ2v) is 14.0. The molecule has 0 spiro atoms. The molecule has 6 heteroatoms. The molecule has 3 aromatic rings. The fourth-order valence-corrected chi connectivity index (χ4v) is 7.20. The van der Waals surface area contributed by atoms with E-state index in [0.29, 0.717) is 0 Å². The van der Waals surface area contributed by atoms with Crippen LogP contribution in [0.1, 0.15) is 44.4 Å². The molecule has 0 N–H and O–H groups in total. The van der Waals surface area contributed by atoms with Gasteiger partial charge in [0.1, 0.15) is 7.05 Å². The molecular weight excluding hydrogens is 577 g/mol. The van der Waals surface area contributed by atoms with Crippen LogP contribution in [-0.4, -0.2) is 56.2 Å². The Balaban J connectivity index is 1.19. The number of rotatable bonds is 15. The highest BCUT2D eigenvalue weighted by atomic mass is 33.1. The van der Waals surface area contributed by atoms with E-state index in [1.165, 1.54) is 44.8 Å². The van der Waals surface area contributed by atoms with Crippen molar-refractivity contribution < 1.29 is 4.57 Å². The summed E-state index contributed by atoms with van der Waals surface area (Å²) in [5, 5.41) is 0. The van der Waals surface area contributed by atoms with E-state index in [1.54, 1.807) is 0 Å². The largest absolute Gasteiger partial charge is 0.377 e. The number of aromatic nitrogens is 1. The van der Waals surface area contributed by atoms with E-state index < -0.39 is 0 Å². The number of likely N-dealkylation sites (N-methyl/N-ethyl adjacent to an activating group) is 1. The van der Waals surface area contributed by atoms with Crippen LogP contribution >= 0.6 is 21.6 Å². The summed E-state index contributed by atoms with van der Waals surface area (Å²) in [7, 11) is 8.13. The summed E-state index contributed by atoms with van der Waals surface area (Å²) >= 11 is 0. The van der Waals surface area contributed by atoms with Crippen LogP contribution in [-0.2, 0) is 7.05 Å². The van der Waals surface area contributed by atoms with Crippen molar-refractivity contribution in [2.24, 2.45) is 7.05 Å². The minimum Gasteiger partial charge on any atom is -0.377 e. The average Bonchev–Trinajstić information content (AvgIpc) is 3.04. The number of hydrogen-bond donors (Lipinski definition) is 0. The summed E-state index contributed by atoms with van der Waals surface area (Å²) in [5.74, 6) is 2.22. The van der Waals surface area contributed by atoms with Crippen molar-refractivity contribution in [2.75, 3.05) is 61.1 Å². The molecule has 4 rings (SSSR count). The number of aryl methyl sites for hydroxylation is 1. The second kappa shape index (κ2) is 17.2. The maximum Gasteiger partial charge on any atom is 0.169 e. The Morgan fingerprint density at radius 2 is 1.27 bits per heavy atom. The summed E-state index contributed by atoms with van der Waals surface area (Å²) in [6.07, 6.45) is 15.4. The third-order valence-electron chi connectivity index (χ3n) is 8.02. The van der Waals surface area contributed by atoms with Gasteiger partial charge in [-0.2, -0.15) is 0 Å². The monoisotopic (exact) mass is 625 g/mol. The zero-order valence-corrected chi connectivity index (χ0v) is 29.0. The van der Waals surface area contributed by atoms with E-state index in [1.807, 2.05) is 28.6 Å². The quantitative estimate of drug-likeness (QED) is 0.0951. The molecule has 1 aromatic heterocycles. The first-order chi connectivity index (χ1) is 21.4. The minimum atomic E-state index is 0.968. The SMILES string of the molecule is CCN(CCSSCCN(CC)c1ccc(/C=C(\C)c2cc[n+](C)cc2)cc1)c1ccc(/C=C(\C)C2=CCN(C)C=C2)cc1.